The van der Waals surface area contributed by atoms with Gasteiger partial charge in [0, 0.05) is 4.90 Å². The summed E-state index contributed by atoms with van der Waals surface area (Å²) in [6.45, 7) is 14.8. The normalized spacial score (nSPS) is 14.3. The molecule has 0 saturated carbocycles. The van der Waals surface area contributed by atoms with Gasteiger partial charge in [0.1, 0.15) is 0 Å². The Labute approximate surface area is 161 Å². The van der Waals surface area contributed by atoms with Crippen LogP contribution in [0.4, 0.5) is 0 Å². The molecule has 0 aliphatic heterocycles. The maximum Gasteiger partial charge on any atom is 0.0859 e. The van der Waals surface area contributed by atoms with Crippen LogP contribution in [0, 0.1) is 0 Å². The van der Waals surface area contributed by atoms with Crippen LogP contribution in [0.15, 0.2) is 46.2 Å². The topological polar surface area (TPSA) is 37.3 Å². The van der Waals surface area contributed by atoms with E-state index >= 15 is 0 Å². The van der Waals surface area contributed by atoms with E-state index in [2.05, 4.69) is 53.7 Å². The minimum Gasteiger partial charge on any atom is -0.389 e. The van der Waals surface area contributed by atoms with Gasteiger partial charge >= 0.3 is 0 Å². The smallest absolute Gasteiger partial charge is 0.0859 e. The summed E-state index contributed by atoms with van der Waals surface area (Å²) >= 11 is 0. The zero-order valence-electron chi connectivity index (χ0n) is 17.0. The van der Waals surface area contributed by atoms with E-state index in [0.29, 0.717) is 10.8 Å². The zero-order valence-corrected chi connectivity index (χ0v) is 17.9. The third-order valence-electron chi connectivity index (χ3n) is 4.83. The van der Waals surface area contributed by atoms with Crippen LogP contribution < -0.4 is 0 Å². The second-order valence-corrected chi connectivity index (χ2v) is 9.36. The Hall–Kier alpha value is -1.45. The first kappa shape index (κ1) is 20.9. The fourth-order valence-electron chi connectivity index (χ4n) is 3.21. The molecule has 2 aromatic carbocycles. The molecule has 0 heterocycles. The first-order valence-corrected chi connectivity index (χ1v) is 10.7. The van der Waals surface area contributed by atoms with E-state index in [9.17, 15) is 9.32 Å². The summed E-state index contributed by atoms with van der Waals surface area (Å²) in [5.41, 5.74) is 4.34. The van der Waals surface area contributed by atoms with E-state index < -0.39 is 16.9 Å². The molecule has 0 radical (unpaired) electrons. The quantitative estimate of drug-likeness (QED) is 0.648. The van der Waals surface area contributed by atoms with Crippen molar-refractivity contribution in [3.8, 4) is 0 Å². The summed E-state index contributed by atoms with van der Waals surface area (Å²) in [6.07, 6.45) is -0.643. The average Bonchev–Trinajstić information content (AvgIpc) is 2.59. The maximum atomic E-state index is 13.7. The number of benzene rings is 2. The Balaban J connectivity index is 2.77. The number of rotatable bonds is 6. The predicted octanol–water partition coefficient (Wildman–Crippen LogP) is 6.28. The molecule has 142 valence electrons. The van der Waals surface area contributed by atoms with E-state index in [1.54, 1.807) is 6.92 Å². The fourth-order valence-corrected chi connectivity index (χ4v) is 5.10. The lowest BCUT2D eigenvalue weighted by atomic mass is 9.89. The summed E-state index contributed by atoms with van der Waals surface area (Å²) in [5, 5.41) is 10.1. The van der Waals surface area contributed by atoms with Gasteiger partial charge in [-0.3, -0.25) is 0 Å². The number of aliphatic hydroxyl groups is 1. The summed E-state index contributed by atoms with van der Waals surface area (Å²) in [7, 11) is -1.32. The van der Waals surface area contributed by atoms with Crippen LogP contribution in [0.2, 0.25) is 0 Å². The SMILES string of the molecule is CC(C)c1cc(C(C)C)c(S(=O)c2ccccc2[C@@H](C)O)c(C(C)C)c1. The standard InChI is InChI=1S/C23H32O2S/c1-14(2)18-12-20(15(3)4)23(21(13-18)16(5)6)26(25)22-11-9-8-10-19(22)17(7)24/h8-17,24H,1-7H3/t17-,26?/m1/s1. The molecule has 0 aromatic heterocycles. The Kier molecular flexibility index (Phi) is 6.81. The third-order valence-corrected chi connectivity index (χ3v) is 6.45. The third kappa shape index (κ3) is 4.27. The highest BCUT2D eigenvalue weighted by atomic mass is 32.2. The maximum absolute atomic E-state index is 13.7. The highest BCUT2D eigenvalue weighted by Crippen LogP contribution is 2.37. The van der Waals surface area contributed by atoms with Gasteiger partial charge in [-0.15, -0.1) is 0 Å². The first-order valence-electron chi connectivity index (χ1n) is 9.51. The van der Waals surface area contributed by atoms with Gasteiger partial charge in [-0.1, -0.05) is 71.9 Å². The highest BCUT2D eigenvalue weighted by molar-refractivity contribution is 7.85. The van der Waals surface area contributed by atoms with E-state index in [4.69, 9.17) is 0 Å². The summed E-state index contributed by atoms with van der Waals surface area (Å²) in [6, 6.07) is 12.0. The van der Waals surface area contributed by atoms with Crippen LogP contribution in [0.1, 0.15) is 94.6 Å². The Bertz CT molecular complexity index is 760. The van der Waals surface area contributed by atoms with Crippen molar-refractivity contribution in [3.05, 3.63) is 58.7 Å². The van der Waals surface area contributed by atoms with E-state index in [-0.39, 0.29) is 11.8 Å². The zero-order chi connectivity index (χ0) is 19.6. The Morgan fingerprint density at radius 2 is 1.27 bits per heavy atom. The van der Waals surface area contributed by atoms with Crippen molar-refractivity contribution in [2.24, 2.45) is 0 Å². The predicted molar refractivity (Wildman–Crippen MR) is 110 cm³/mol. The summed E-state index contributed by atoms with van der Waals surface area (Å²) in [5.74, 6) is 0.991. The van der Waals surface area contributed by atoms with Crippen molar-refractivity contribution in [3.63, 3.8) is 0 Å². The lowest BCUT2D eigenvalue weighted by Crippen LogP contribution is -2.10. The number of hydrogen-bond acceptors (Lipinski definition) is 2. The molecule has 2 rings (SSSR count). The molecule has 1 unspecified atom stereocenters. The lowest BCUT2D eigenvalue weighted by Gasteiger charge is -2.23. The van der Waals surface area contributed by atoms with Crippen molar-refractivity contribution in [2.45, 2.75) is 82.1 Å². The van der Waals surface area contributed by atoms with Crippen LogP contribution in [0.25, 0.3) is 0 Å². The molecular formula is C23H32O2S. The summed E-state index contributed by atoms with van der Waals surface area (Å²) in [4.78, 5) is 1.64. The van der Waals surface area contributed by atoms with Crippen molar-refractivity contribution in [2.75, 3.05) is 0 Å². The van der Waals surface area contributed by atoms with Gasteiger partial charge in [-0.2, -0.15) is 0 Å². The van der Waals surface area contributed by atoms with Gasteiger partial charge in [0.15, 0.2) is 0 Å². The van der Waals surface area contributed by atoms with Crippen LogP contribution in [-0.2, 0) is 10.8 Å². The number of hydrogen-bond donors (Lipinski definition) is 1. The van der Waals surface area contributed by atoms with E-state index in [1.807, 2.05) is 24.3 Å². The molecule has 0 bridgehead atoms. The van der Waals surface area contributed by atoms with Crippen molar-refractivity contribution in [1.82, 2.24) is 0 Å². The molecule has 0 fully saturated rings. The van der Waals surface area contributed by atoms with Crippen molar-refractivity contribution >= 4 is 10.8 Å². The van der Waals surface area contributed by atoms with Gasteiger partial charge in [0.2, 0.25) is 0 Å². The highest BCUT2D eigenvalue weighted by Gasteiger charge is 2.24. The molecular weight excluding hydrogens is 340 g/mol. The minimum atomic E-state index is -1.32. The van der Waals surface area contributed by atoms with Crippen LogP contribution in [0.5, 0.6) is 0 Å². The molecule has 2 atom stereocenters. The Morgan fingerprint density at radius 1 is 0.769 bits per heavy atom. The molecule has 0 aliphatic rings. The molecule has 2 aromatic rings. The van der Waals surface area contributed by atoms with Gasteiger partial charge in [0.05, 0.1) is 21.8 Å². The van der Waals surface area contributed by atoms with Crippen LogP contribution in [-0.4, -0.2) is 9.32 Å². The molecule has 0 amide bonds. The van der Waals surface area contributed by atoms with Gasteiger partial charge < -0.3 is 5.11 Å². The second kappa shape index (κ2) is 8.49. The molecule has 1 N–H and O–H groups in total. The first-order chi connectivity index (χ1) is 12.1. The van der Waals surface area contributed by atoms with Crippen molar-refractivity contribution in [1.29, 1.82) is 0 Å². The lowest BCUT2D eigenvalue weighted by molar-refractivity contribution is 0.196. The van der Waals surface area contributed by atoms with Crippen LogP contribution in [0.3, 0.4) is 0 Å². The van der Waals surface area contributed by atoms with E-state index in [0.717, 1.165) is 21.6 Å². The molecule has 26 heavy (non-hydrogen) atoms. The van der Waals surface area contributed by atoms with Gasteiger partial charge in [0.25, 0.3) is 0 Å². The second-order valence-electron chi connectivity index (χ2n) is 7.98. The average molecular weight is 373 g/mol. The monoisotopic (exact) mass is 372 g/mol. The molecule has 0 spiro atoms. The van der Waals surface area contributed by atoms with Gasteiger partial charge in [-0.05, 0) is 53.0 Å². The van der Waals surface area contributed by atoms with Gasteiger partial charge in [-0.25, -0.2) is 4.21 Å². The largest absolute Gasteiger partial charge is 0.389 e. The molecule has 0 aliphatic carbocycles. The minimum absolute atomic E-state index is 0.281. The van der Waals surface area contributed by atoms with Crippen LogP contribution >= 0.6 is 0 Å². The van der Waals surface area contributed by atoms with Crippen molar-refractivity contribution < 1.29 is 9.32 Å². The fraction of sp³-hybridized carbons (Fsp3) is 0.478. The van der Waals surface area contributed by atoms with E-state index in [1.165, 1.54) is 5.56 Å². The number of aliphatic hydroxyl groups excluding tert-OH is 1. The summed E-state index contributed by atoms with van der Waals surface area (Å²) < 4.78 is 13.7. The molecule has 2 nitrogen and oxygen atoms in total. The molecule has 3 heteroatoms. The molecule has 0 saturated heterocycles. The Morgan fingerprint density at radius 3 is 1.69 bits per heavy atom.